The standard InChI is InChI=1S/C9H14N4/c1-4-11-9(12-5-1)13-7-2-3-10-6-8-13/h1,4-5,10H,2-3,6-8H2. The molecule has 1 N–H and O–H groups in total. The molecule has 0 saturated carbocycles. The van der Waals surface area contributed by atoms with Crippen molar-refractivity contribution in [3.05, 3.63) is 18.5 Å². The van der Waals surface area contributed by atoms with Gasteiger partial charge >= 0.3 is 0 Å². The molecule has 0 aliphatic carbocycles. The number of hydrogen-bond donors (Lipinski definition) is 1. The molecule has 0 atom stereocenters. The quantitative estimate of drug-likeness (QED) is 0.670. The van der Waals surface area contributed by atoms with Crippen LogP contribution in [0.25, 0.3) is 0 Å². The molecule has 0 amide bonds. The first-order chi connectivity index (χ1) is 6.47. The second-order valence-electron chi connectivity index (χ2n) is 3.14. The Balaban J connectivity index is 2.06. The molecule has 0 radical (unpaired) electrons. The minimum absolute atomic E-state index is 0.853. The fourth-order valence-corrected chi connectivity index (χ4v) is 1.50. The van der Waals surface area contributed by atoms with Gasteiger partial charge in [0, 0.05) is 32.0 Å². The van der Waals surface area contributed by atoms with Gasteiger partial charge in [-0.1, -0.05) is 0 Å². The number of rotatable bonds is 1. The van der Waals surface area contributed by atoms with Gasteiger partial charge in [0.05, 0.1) is 0 Å². The summed E-state index contributed by atoms with van der Waals surface area (Å²) >= 11 is 0. The third-order valence-electron chi connectivity index (χ3n) is 2.18. The van der Waals surface area contributed by atoms with Crippen molar-refractivity contribution in [1.82, 2.24) is 15.3 Å². The smallest absolute Gasteiger partial charge is 0.225 e. The zero-order valence-corrected chi connectivity index (χ0v) is 7.61. The van der Waals surface area contributed by atoms with Crippen molar-refractivity contribution in [3.8, 4) is 0 Å². The maximum atomic E-state index is 4.23. The van der Waals surface area contributed by atoms with E-state index in [0.717, 1.165) is 38.5 Å². The zero-order chi connectivity index (χ0) is 8.93. The van der Waals surface area contributed by atoms with Crippen molar-refractivity contribution in [1.29, 1.82) is 0 Å². The number of hydrogen-bond acceptors (Lipinski definition) is 4. The Morgan fingerprint density at radius 1 is 1.15 bits per heavy atom. The van der Waals surface area contributed by atoms with E-state index >= 15 is 0 Å². The Kier molecular flexibility index (Phi) is 2.72. The van der Waals surface area contributed by atoms with Crippen LogP contribution in [0.1, 0.15) is 6.42 Å². The summed E-state index contributed by atoms with van der Waals surface area (Å²) < 4.78 is 0. The summed E-state index contributed by atoms with van der Waals surface area (Å²) in [7, 11) is 0. The number of nitrogens with zero attached hydrogens (tertiary/aromatic N) is 3. The highest BCUT2D eigenvalue weighted by atomic mass is 15.3. The molecular formula is C9H14N4. The van der Waals surface area contributed by atoms with Crippen molar-refractivity contribution in [3.63, 3.8) is 0 Å². The molecule has 4 heteroatoms. The van der Waals surface area contributed by atoms with E-state index in [0.29, 0.717) is 0 Å². The van der Waals surface area contributed by atoms with Crippen LogP contribution in [0.2, 0.25) is 0 Å². The monoisotopic (exact) mass is 178 g/mol. The molecule has 0 aromatic carbocycles. The van der Waals surface area contributed by atoms with E-state index in [4.69, 9.17) is 0 Å². The average Bonchev–Trinajstić information content (AvgIpc) is 2.47. The second kappa shape index (κ2) is 4.18. The first-order valence-electron chi connectivity index (χ1n) is 4.69. The summed E-state index contributed by atoms with van der Waals surface area (Å²) in [6, 6.07) is 1.85. The van der Waals surface area contributed by atoms with Crippen LogP contribution in [0.15, 0.2) is 18.5 Å². The van der Waals surface area contributed by atoms with Crippen LogP contribution in [-0.4, -0.2) is 36.1 Å². The van der Waals surface area contributed by atoms with Gasteiger partial charge in [-0.05, 0) is 19.0 Å². The van der Waals surface area contributed by atoms with Crippen LogP contribution in [0.5, 0.6) is 0 Å². The minimum atomic E-state index is 0.853. The molecule has 1 fully saturated rings. The lowest BCUT2D eigenvalue weighted by Gasteiger charge is -2.18. The largest absolute Gasteiger partial charge is 0.340 e. The van der Waals surface area contributed by atoms with Gasteiger partial charge in [-0.15, -0.1) is 0 Å². The minimum Gasteiger partial charge on any atom is -0.340 e. The molecule has 1 aliphatic rings. The molecule has 2 heterocycles. The maximum Gasteiger partial charge on any atom is 0.225 e. The van der Waals surface area contributed by atoms with Gasteiger partial charge in [0.1, 0.15) is 0 Å². The zero-order valence-electron chi connectivity index (χ0n) is 7.61. The summed E-state index contributed by atoms with van der Waals surface area (Å²) in [6.07, 6.45) is 4.75. The molecule has 2 rings (SSSR count). The molecule has 4 nitrogen and oxygen atoms in total. The van der Waals surface area contributed by atoms with Crippen LogP contribution in [0, 0.1) is 0 Å². The van der Waals surface area contributed by atoms with E-state index in [1.165, 1.54) is 0 Å². The molecule has 0 unspecified atom stereocenters. The van der Waals surface area contributed by atoms with Crippen molar-refractivity contribution in [2.24, 2.45) is 0 Å². The first-order valence-corrected chi connectivity index (χ1v) is 4.69. The van der Waals surface area contributed by atoms with Crippen molar-refractivity contribution >= 4 is 5.95 Å². The normalized spacial score (nSPS) is 18.3. The SMILES string of the molecule is c1cnc(N2CCCNCC2)nc1. The van der Waals surface area contributed by atoms with E-state index in [1.54, 1.807) is 12.4 Å². The lowest BCUT2D eigenvalue weighted by atomic mass is 10.4. The maximum absolute atomic E-state index is 4.23. The Morgan fingerprint density at radius 2 is 2.00 bits per heavy atom. The van der Waals surface area contributed by atoms with Gasteiger partial charge in [-0.3, -0.25) is 0 Å². The van der Waals surface area contributed by atoms with Crippen LogP contribution in [-0.2, 0) is 0 Å². The molecule has 1 aromatic rings. The lowest BCUT2D eigenvalue weighted by molar-refractivity contribution is 0.724. The summed E-state index contributed by atoms with van der Waals surface area (Å²) in [5.74, 6) is 0.853. The summed E-state index contributed by atoms with van der Waals surface area (Å²) in [6.45, 7) is 4.18. The summed E-state index contributed by atoms with van der Waals surface area (Å²) in [5, 5.41) is 3.35. The molecule has 70 valence electrons. The Bertz CT molecular complexity index is 241. The van der Waals surface area contributed by atoms with E-state index in [9.17, 15) is 0 Å². The fourth-order valence-electron chi connectivity index (χ4n) is 1.50. The van der Waals surface area contributed by atoms with Crippen LogP contribution < -0.4 is 10.2 Å². The highest BCUT2D eigenvalue weighted by Gasteiger charge is 2.10. The van der Waals surface area contributed by atoms with Gasteiger partial charge in [-0.2, -0.15) is 0 Å². The van der Waals surface area contributed by atoms with Gasteiger partial charge in [-0.25, -0.2) is 9.97 Å². The molecule has 0 spiro atoms. The first kappa shape index (κ1) is 8.44. The van der Waals surface area contributed by atoms with E-state index in [2.05, 4.69) is 20.2 Å². The van der Waals surface area contributed by atoms with Crippen molar-refractivity contribution in [2.75, 3.05) is 31.1 Å². The van der Waals surface area contributed by atoms with Crippen LogP contribution in [0.3, 0.4) is 0 Å². The third kappa shape index (κ3) is 2.15. The van der Waals surface area contributed by atoms with Crippen molar-refractivity contribution in [2.45, 2.75) is 6.42 Å². The average molecular weight is 178 g/mol. The fraction of sp³-hybridized carbons (Fsp3) is 0.556. The Hall–Kier alpha value is -1.16. The lowest BCUT2D eigenvalue weighted by Crippen LogP contribution is -2.29. The summed E-state index contributed by atoms with van der Waals surface area (Å²) in [5.41, 5.74) is 0. The molecule has 1 saturated heterocycles. The van der Waals surface area contributed by atoms with Crippen LogP contribution >= 0.6 is 0 Å². The third-order valence-corrected chi connectivity index (χ3v) is 2.18. The Morgan fingerprint density at radius 3 is 2.85 bits per heavy atom. The Labute approximate surface area is 78.0 Å². The predicted molar refractivity (Wildman–Crippen MR) is 51.7 cm³/mol. The number of anilines is 1. The second-order valence-corrected chi connectivity index (χ2v) is 3.14. The molecular weight excluding hydrogens is 164 g/mol. The van der Waals surface area contributed by atoms with Gasteiger partial charge < -0.3 is 10.2 Å². The number of nitrogens with one attached hydrogen (secondary N) is 1. The molecule has 0 bridgehead atoms. The van der Waals surface area contributed by atoms with Gasteiger partial charge in [0.15, 0.2) is 0 Å². The van der Waals surface area contributed by atoms with Crippen LogP contribution in [0.4, 0.5) is 5.95 Å². The van der Waals surface area contributed by atoms with E-state index in [-0.39, 0.29) is 0 Å². The topological polar surface area (TPSA) is 41.1 Å². The summed E-state index contributed by atoms with van der Waals surface area (Å²) in [4.78, 5) is 10.7. The predicted octanol–water partition coefficient (Wildman–Crippen LogP) is 0.276. The van der Waals surface area contributed by atoms with Gasteiger partial charge in [0.2, 0.25) is 5.95 Å². The highest BCUT2D eigenvalue weighted by molar-refractivity contribution is 5.28. The molecule has 1 aliphatic heterocycles. The molecule has 13 heavy (non-hydrogen) atoms. The highest BCUT2D eigenvalue weighted by Crippen LogP contribution is 2.06. The van der Waals surface area contributed by atoms with E-state index < -0.39 is 0 Å². The number of aromatic nitrogens is 2. The van der Waals surface area contributed by atoms with E-state index in [1.807, 2.05) is 6.07 Å². The van der Waals surface area contributed by atoms with Gasteiger partial charge in [0.25, 0.3) is 0 Å². The van der Waals surface area contributed by atoms with Crippen molar-refractivity contribution < 1.29 is 0 Å². The molecule has 1 aromatic heterocycles.